The van der Waals surface area contributed by atoms with Gasteiger partial charge in [-0.2, -0.15) is 0 Å². The third-order valence-corrected chi connectivity index (χ3v) is 6.17. The van der Waals surface area contributed by atoms with Crippen LogP contribution in [0.1, 0.15) is 12.5 Å². The fraction of sp³-hybridized carbons (Fsp3) is 0.211. The molecule has 28 heavy (non-hydrogen) atoms. The van der Waals surface area contributed by atoms with Crippen LogP contribution in [0.25, 0.3) is 11.0 Å². The first-order chi connectivity index (χ1) is 13.5. The number of halogens is 1. The van der Waals surface area contributed by atoms with Gasteiger partial charge in [0, 0.05) is 21.5 Å². The molecule has 0 spiro atoms. The van der Waals surface area contributed by atoms with Gasteiger partial charge < -0.3 is 15.0 Å². The first-order valence-electron chi connectivity index (χ1n) is 8.51. The number of thioether (sulfide) groups is 1. The van der Waals surface area contributed by atoms with Gasteiger partial charge in [0.05, 0.1) is 29.9 Å². The normalized spacial score (nSPS) is 15.4. The number of aromatic nitrogens is 2. The first kappa shape index (κ1) is 18.8. The number of benzene rings is 2. The molecular formula is C19H16BrN3O4S. The number of nitrogens with zero attached hydrogens (tertiary/aromatic N) is 1. The predicted molar refractivity (Wildman–Crippen MR) is 113 cm³/mol. The molecule has 1 amide bonds. The van der Waals surface area contributed by atoms with Crippen molar-refractivity contribution in [2.24, 2.45) is 0 Å². The van der Waals surface area contributed by atoms with Gasteiger partial charge in [-0.05, 0) is 24.3 Å². The molecule has 1 unspecified atom stereocenters. The Morgan fingerprint density at radius 1 is 1.36 bits per heavy atom. The third-order valence-electron chi connectivity index (χ3n) is 4.54. The summed E-state index contributed by atoms with van der Waals surface area (Å²) in [5.74, 6) is 0.817. The molecule has 144 valence electrons. The number of aromatic amines is 1. The maximum atomic E-state index is 12.6. The highest BCUT2D eigenvalue weighted by Gasteiger charge is 2.27. The lowest BCUT2D eigenvalue weighted by Gasteiger charge is -2.27. The zero-order chi connectivity index (χ0) is 19.8. The predicted octanol–water partition coefficient (Wildman–Crippen LogP) is 3.14. The van der Waals surface area contributed by atoms with Crippen molar-refractivity contribution in [2.75, 3.05) is 18.2 Å². The summed E-state index contributed by atoms with van der Waals surface area (Å²) in [6.07, 6.45) is 0.0685. The summed E-state index contributed by atoms with van der Waals surface area (Å²) in [5, 5.41) is 2.83. The second-order valence-electron chi connectivity index (χ2n) is 6.35. The molecule has 1 aromatic heterocycles. The average molecular weight is 462 g/mol. The van der Waals surface area contributed by atoms with E-state index in [4.69, 9.17) is 4.74 Å². The van der Waals surface area contributed by atoms with Crippen LogP contribution in [0.15, 0.2) is 55.4 Å². The number of carbonyl (C=O) groups excluding carboxylic acids is 1. The summed E-state index contributed by atoms with van der Waals surface area (Å²) in [6, 6.07) is 10.4. The minimum atomic E-state index is -0.696. The molecule has 2 aromatic carbocycles. The Hall–Kier alpha value is -2.52. The second kappa shape index (κ2) is 7.48. The van der Waals surface area contributed by atoms with Gasteiger partial charge in [-0.15, -0.1) is 11.8 Å². The Morgan fingerprint density at radius 2 is 2.14 bits per heavy atom. The molecule has 3 aromatic rings. The fourth-order valence-electron chi connectivity index (χ4n) is 3.34. The van der Waals surface area contributed by atoms with Crippen LogP contribution in [0.2, 0.25) is 0 Å². The molecule has 0 aliphatic carbocycles. The number of methoxy groups -OCH3 is 1. The Balaban J connectivity index is 1.70. The molecule has 1 aliphatic heterocycles. The van der Waals surface area contributed by atoms with Crippen molar-refractivity contribution in [3.63, 3.8) is 0 Å². The van der Waals surface area contributed by atoms with E-state index >= 15 is 0 Å². The van der Waals surface area contributed by atoms with E-state index in [2.05, 4.69) is 26.2 Å². The van der Waals surface area contributed by atoms with Gasteiger partial charge in [-0.25, -0.2) is 0 Å². The average Bonchev–Trinajstić information content (AvgIpc) is 2.67. The summed E-state index contributed by atoms with van der Waals surface area (Å²) in [6.45, 7) is 0. The van der Waals surface area contributed by atoms with E-state index in [1.54, 1.807) is 36.0 Å². The number of H-pyrrole nitrogens is 1. The summed E-state index contributed by atoms with van der Waals surface area (Å²) in [7, 11) is 1.53. The lowest BCUT2D eigenvalue weighted by atomic mass is 10.1. The molecule has 0 fully saturated rings. The van der Waals surface area contributed by atoms with Crippen LogP contribution in [-0.2, 0) is 4.79 Å². The molecule has 1 aliphatic rings. The number of hydrogen-bond donors (Lipinski definition) is 2. The monoisotopic (exact) mass is 461 g/mol. The third kappa shape index (κ3) is 3.35. The fourth-order valence-corrected chi connectivity index (χ4v) is 5.14. The highest BCUT2D eigenvalue weighted by Crippen LogP contribution is 2.38. The Labute approximate surface area is 172 Å². The van der Waals surface area contributed by atoms with Crippen molar-refractivity contribution in [1.82, 2.24) is 9.55 Å². The largest absolute Gasteiger partial charge is 0.495 e. The number of rotatable bonds is 4. The zero-order valence-corrected chi connectivity index (χ0v) is 17.2. The molecule has 9 heteroatoms. The molecule has 4 rings (SSSR count). The van der Waals surface area contributed by atoms with Gasteiger partial charge in [0.1, 0.15) is 5.75 Å². The number of para-hydroxylation sites is 2. The van der Waals surface area contributed by atoms with Crippen molar-refractivity contribution >= 4 is 50.3 Å². The Morgan fingerprint density at radius 3 is 2.93 bits per heavy atom. The van der Waals surface area contributed by atoms with Gasteiger partial charge in [-0.3, -0.25) is 19.0 Å². The first-order valence-corrected chi connectivity index (χ1v) is 10.3. The number of nitrogens with one attached hydrogen (secondary N) is 2. The molecule has 0 radical (unpaired) electrons. The lowest BCUT2D eigenvalue weighted by molar-refractivity contribution is -0.116. The molecule has 2 heterocycles. The summed E-state index contributed by atoms with van der Waals surface area (Å²) >= 11 is 4.98. The van der Waals surface area contributed by atoms with E-state index in [-0.39, 0.29) is 12.3 Å². The molecule has 0 saturated heterocycles. The van der Waals surface area contributed by atoms with Crippen LogP contribution in [0, 0.1) is 0 Å². The van der Waals surface area contributed by atoms with E-state index in [9.17, 15) is 14.4 Å². The number of amides is 1. The number of carbonyl (C=O) groups is 1. The SMILES string of the molecule is COc1ccccc1NC(=O)CC1CSc2cc(Br)cc3[nH]c(=O)c(=O)n1c23. The van der Waals surface area contributed by atoms with E-state index in [0.29, 0.717) is 28.2 Å². The van der Waals surface area contributed by atoms with Crippen LogP contribution >= 0.6 is 27.7 Å². The van der Waals surface area contributed by atoms with Gasteiger partial charge in [0.2, 0.25) is 5.91 Å². The minimum absolute atomic E-state index is 0.0685. The van der Waals surface area contributed by atoms with Crippen LogP contribution < -0.4 is 21.2 Å². The number of anilines is 1. The van der Waals surface area contributed by atoms with Gasteiger partial charge >= 0.3 is 11.1 Å². The summed E-state index contributed by atoms with van der Waals surface area (Å²) in [5.41, 5.74) is 0.437. The van der Waals surface area contributed by atoms with Crippen LogP contribution in [0.4, 0.5) is 5.69 Å². The molecule has 2 N–H and O–H groups in total. The Bertz CT molecular complexity index is 1200. The molecule has 0 bridgehead atoms. The molecule has 7 nitrogen and oxygen atoms in total. The lowest BCUT2D eigenvalue weighted by Crippen LogP contribution is -2.41. The van der Waals surface area contributed by atoms with E-state index in [0.717, 1.165) is 9.37 Å². The number of hydrogen-bond acceptors (Lipinski definition) is 5. The van der Waals surface area contributed by atoms with Gasteiger partial charge in [-0.1, -0.05) is 28.1 Å². The van der Waals surface area contributed by atoms with Gasteiger partial charge in [0.15, 0.2) is 0 Å². The van der Waals surface area contributed by atoms with Gasteiger partial charge in [0.25, 0.3) is 0 Å². The summed E-state index contributed by atoms with van der Waals surface area (Å²) in [4.78, 5) is 40.9. The van der Waals surface area contributed by atoms with Crippen molar-refractivity contribution in [2.45, 2.75) is 17.4 Å². The van der Waals surface area contributed by atoms with Crippen molar-refractivity contribution < 1.29 is 9.53 Å². The van der Waals surface area contributed by atoms with E-state index in [1.807, 2.05) is 12.1 Å². The molecule has 0 saturated carbocycles. The maximum Gasteiger partial charge on any atom is 0.317 e. The van der Waals surface area contributed by atoms with Crippen LogP contribution in [-0.4, -0.2) is 28.3 Å². The molecular weight excluding hydrogens is 446 g/mol. The Kier molecular flexibility index (Phi) is 5.03. The van der Waals surface area contributed by atoms with Crippen LogP contribution in [0.5, 0.6) is 5.75 Å². The van der Waals surface area contributed by atoms with Crippen molar-refractivity contribution in [3.05, 3.63) is 61.6 Å². The highest BCUT2D eigenvalue weighted by atomic mass is 79.9. The van der Waals surface area contributed by atoms with Crippen molar-refractivity contribution in [1.29, 1.82) is 0 Å². The van der Waals surface area contributed by atoms with E-state index in [1.165, 1.54) is 11.7 Å². The minimum Gasteiger partial charge on any atom is -0.495 e. The second-order valence-corrected chi connectivity index (χ2v) is 8.32. The van der Waals surface area contributed by atoms with Crippen molar-refractivity contribution in [3.8, 4) is 5.75 Å². The molecule has 1 atom stereocenters. The zero-order valence-electron chi connectivity index (χ0n) is 14.8. The quantitative estimate of drug-likeness (QED) is 0.582. The van der Waals surface area contributed by atoms with E-state index < -0.39 is 17.2 Å². The van der Waals surface area contributed by atoms with Crippen LogP contribution in [0.3, 0.4) is 0 Å². The maximum absolute atomic E-state index is 12.6. The standard InChI is InChI=1S/C19H16BrN3O4S/c1-27-14-5-3-2-4-12(14)21-16(24)8-11-9-28-15-7-10(20)6-13-17(15)23(11)19(26)18(25)22-13/h2-7,11H,8-9H2,1H3,(H,21,24)(H,22,25). The smallest absolute Gasteiger partial charge is 0.317 e. The summed E-state index contributed by atoms with van der Waals surface area (Å²) < 4.78 is 7.52. The topological polar surface area (TPSA) is 93.2 Å². The number of ether oxygens (including phenoxy) is 1. The highest BCUT2D eigenvalue weighted by molar-refractivity contribution is 9.10.